The van der Waals surface area contributed by atoms with Gasteiger partial charge in [-0.15, -0.1) is 22.7 Å². The van der Waals surface area contributed by atoms with Crippen molar-refractivity contribution in [3.8, 4) is 0 Å². The molecule has 2 N–H and O–H groups in total. The van der Waals surface area contributed by atoms with Crippen LogP contribution in [0.4, 0.5) is 0 Å². The molecule has 2 heterocycles. The van der Waals surface area contributed by atoms with E-state index in [4.69, 9.17) is 0 Å². The highest BCUT2D eigenvalue weighted by atomic mass is 32.1. The van der Waals surface area contributed by atoms with Crippen molar-refractivity contribution in [3.05, 3.63) is 51.7 Å². The standard InChI is InChI=1S/C17H16N2O2S2/c20-15(16-19-12-4-1-2-5-13(12)23-16)18-10-17(21,11-7-8-11)14-6-3-9-22-14/h1-6,9,11,21H,7-8,10H2,(H,18,20). The minimum absolute atomic E-state index is 0.221. The topological polar surface area (TPSA) is 62.2 Å². The lowest BCUT2D eigenvalue weighted by molar-refractivity contribution is 0.0169. The molecule has 0 spiro atoms. The smallest absolute Gasteiger partial charge is 0.280 e. The van der Waals surface area contributed by atoms with Gasteiger partial charge in [-0.1, -0.05) is 18.2 Å². The summed E-state index contributed by atoms with van der Waals surface area (Å²) in [6, 6.07) is 11.6. The highest BCUT2D eigenvalue weighted by molar-refractivity contribution is 7.20. The first-order valence-electron chi connectivity index (χ1n) is 7.57. The summed E-state index contributed by atoms with van der Waals surface area (Å²) in [4.78, 5) is 17.7. The van der Waals surface area contributed by atoms with Crippen LogP contribution in [-0.2, 0) is 5.60 Å². The van der Waals surface area contributed by atoms with E-state index in [9.17, 15) is 9.90 Å². The zero-order valence-electron chi connectivity index (χ0n) is 12.4. The summed E-state index contributed by atoms with van der Waals surface area (Å²) in [5.74, 6) is 0.0126. The fraction of sp³-hybridized carbons (Fsp3) is 0.294. The van der Waals surface area contributed by atoms with E-state index in [0.29, 0.717) is 5.01 Å². The highest BCUT2D eigenvalue weighted by Crippen LogP contribution is 2.46. The number of thiazole rings is 1. The van der Waals surface area contributed by atoms with Crippen LogP contribution >= 0.6 is 22.7 Å². The van der Waals surface area contributed by atoms with E-state index in [1.165, 1.54) is 22.7 Å². The van der Waals surface area contributed by atoms with Gasteiger partial charge in [-0.2, -0.15) is 0 Å². The van der Waals surface area contributed by atoms with Crippen LogP contribution in [0.25, 0.3) is 10.2 Å². The first-order valence-corrected chi connectivity index (χ1v) is 9.26. The van der Waals surface area contributed by atoms with Gasteiger partial charge in [0.25, 0.3) is 5.91 Å². The summed E-state index contributed by atoms with van der Waals surface area (Å²) in [6.07, 6.45) is 2.01. The molecule has 1 aromatic carbocycles. The van der Waals surface area contributed by atoms with Crippen LogP contribution in [0.1, 0.15) is 27.5 Å². The number of benzene rings is 1. The molecule has 0 saturated heterocycles. The predicted molar refractivity (Wildman–Crippen MR) is 92.9 cm³/mol. The molecule has 0 bridgehead atoms. The van der Waals surface area contributed by atoms with E-state index in [0.717, 1.165) is 27.9 Å². The molecular formula is C17H16N2O2S2. The third kappa shape index (κ3) is 2.78. The molecule has 3 aromatic rings. The number of nitrogens with one attached hydrogen (secondary N) is 1. The second-order valence-electron chi connectivity index (χ2n) is 5.85. The van der Waals surface area contributed by atoms with Gasteiger partial charge in [0.15, 0.2) is 5.01 Å². The van der Waals surface area contributed by atoms with Gasteiger partial charge in [0.2, 0.25) is 0 Å². The highest BCUT2D eigenvalue weighted by Gasteiger charge is 2.46. The van der Waals surface area contributed by atoms with Crippen LogP contribution in [0, 0.1) is 5.92 Å². The van der Waals surface area contributed by atoms with Crippen molar-refractivity contribution < 1.29 is 9.90 Å². The second kappa shape index (κ2) is 5.70. The minimum Gasteiger partial charge on any atom is -0.382 e. The third-order valence-corrected chi connectivity index (χ3v) is 6.28. The molecule has 118 valence electrons. The summed E-state index contributed by atoms with van der Waals surface area (Å²) in [7, 11) is 0. The van der Waals surface area contributed by atoms with Crippen molar-refractivity contribution in [2.45, 2.75) is 18.4 Å². The van der Waals surface area contributed by atoms with Gasteiger partial charge in [-0.3, -0.25) is 4.79 Å². The van der Waals surface area contributed by atoms with Crippen molar-refractivity contribution in [3.63, 3.8) is 0 Å². The SMILES string of the molecule is O=C(NCC(O)(c1cccs1)C1CC1)c1nc2ccccc2s1. The normalized spacial score (nSPS) is 17.1. The lowest BCUT2D eigenvalue weighted by Gasteiger charge is -2.27. The number of amides is 1. The van der Waals surface area contributed by atoms with E-state index in [2.05, 4.69) is 10.3 Å². The van der Waals surface area contributed by atoms with Crippen molar-refractivity contribution in [1.29, 1.82) is 0 Å². The number of carbonyl (C=O) groups excluding carboxylic acids is 1. The zero-order valence-corrected chi connectivity index (χ0v) is 14.0. The van der Waals surface area contributed by atoms with Crippen LogP contribution in [0.5, 0.6) is 0 Å². The van der Waals surface area contributed by atoms with Gasteiger partial charge < -0.3 is 10.4 Å². The average molecular weight is 344 g/mol. The lowest BCUT2D eigenvalue weighted by atomic mass is 9.95. The van der Waals surface area contributed by atoms with E-state index < -0.39 is 5.60 Å². The number of rotatable bonds is 5. The number of hydrogen-bond donors (Lipinski definition) is 2. The summed E-state index contributed by atoms with van der Waals surface area (Å²) in [5, 5.41) is 16.3. The molecule has 1 aliphatic carbocycles. The molecule has 1 fully saturated rings. The molecule has 1 amide bonds. The van der Waals surface area contributed by atoms with Crippen molar-refractivity contribution in [1.82, 2.24) is 10.3 Å². The zero-order chi connectivity index (χ0) is 15.9. The predicted octanol–water partition coefficient (Wildman–Crippen LogP) is 3.39. The Labute approximate surface area is 141 Å². The Morgan fingerprint density at radius 3 is 2.83 bits per heavy atom. The van der Waals surface area contributed by atoms with Gasteiger partial charge in [0.1, 0.15) is 5.60 Å². The van der Waals surface area contributed by atoms with Crippen LogP contribution in [0.15, 0.2) is 41.8 Å². The molecule has 0 radical (unpaired) electrons. The van der Waals surface area contributed by atoms with Gasteiger partial charge in [-0.05, 0) is 42.3 Å². The fourth-order valence-corrected chi connectivity index (χ4v) is 4.56. The van der Waals surface area contributed by atoms with Crippen LogP contribution in [0.3, 0.4) is 0 Å². The van der Waals surface area contributed by atoms with Gasteiger partial charge in [-0.25, -0.2) is 4.98 Å². The van der Waals surface area contributed by atoms with Crippen molar-refractivity contribution in [2.75, 3.05) is 6.54 Å². The second-order valence-corrected chi connectivity index (χ2v) is 7.82. The summed E-state index contributed by atoms with van der Waals surface area (Å²) >= 11 is 2.91. The molecule has 2 aromatic heterocycles. The number of thiophene rings is 1. The first-order chi connectivity index (χ1) is 11.2. The fourth-order valence-electron chi connectivity index (χ4n) is 2.78. The third-order valence-electron chi connectivity index (χ3n) is 4.21. The Balaban J connectivity index is 1.52. The first kappa shape index (κ1) is 14.8. The maximum Gasteiger partial charge on any atom is 0.280 e. The number of para-hydroxylation sites is 1. The Morgan fingerprint density at radius 2 is 2.13 bits per heavy atom. The number of carbonyl (C=O) groups is 1. The van der Waals surface area contributed by atoms with Gasteiger partial charge in [0, 0.05) is 4.88 Å². The summed E-state index contributed by atoms with van der Waals surface area (Å²) < 4.78 is 0.994. The Hall–Kier alpha value is -1.76. The Kier molecular flexibility index (Phi) is 3.67. The van der Waals surface area contributed by atoms with E-state index in [1.54, 1.807) is 0 Å². The minimum atomic E-state index is -0.958. The monoisotopic (exact) mass is 344 g/mol. The lowest BCUT2D eigenvalue weighted by Crippen LogP contribution is -2.42. The summed E-state index contributed by atoms with van der Waals surface area (Å²) in [6.45, 7) is 0.229. The molecule has 1 unspecified atom stereocenters. The van der Waals surface area contributed by atoms with E-state index >= 15 is 0 Å². The molecule has 1 atom stereocenters. The largest absolute Gasteiger partial charge is 0.382 e. The maximum absolute atomic E-state index is 12.4. The average Bonchev–Trinajstić information content (AvgIpc) is 3.12. The number of aromatic nitrogens is 1. The quantitative estimate of drug-likeness (QED) is 0.746. The van der Waals surface area contributed by atoms with Crippen molar-refractivity contribution in [2.24, 2.45) is 5.92 Å². The van der Waals surface area contributed by atoms with Crippen molar-refractivity contribution >= 4 is 38.8 Å². The van der Waals surface area contributed by atoms with Crippen LogP contribution < -0.4 is 5.32 Å². The van der Waals surface area contributed by atoms with Gasteiger partial charge in [0.05, 0.1) is 16.8 Å². The number of fused-ring (bicyclic) bond motifs is 1. The molecule has 23 heavy (non-hydrogen) atoms. The molecule has 4 nitrogen and oxygen atoms in total. The number of nitrogens with zero attached hydrogens (tertiary/aromatic N) is 1. The van der Waals surface area contributed by atoms with E-state index in [1.807, 2.05) is 41.8 Å². The molecule has 0 aliphatic heterocycles. The molecule has 6 heteroatoms. The Bertz CT molecular complexity index is 806. The molecule has 1 saturated carbocycles. The summed E-state index contributed by atoms with van der Waals surface area (Å²) in [5.41, 5.74) is -0.126. The van der Waals surface area contributed by atoms with Crippen LogP contribution in [-0.4, -0.2) is 22.5 Å². The maximum atomic E-state index is 12.4. The van der Waals surface area contributed by atoms with Gasteiger partial charge >= 0.3 is 0 Å². The molecule has 4 rings (SSSR count). The molecular weight excluding hydrogens is 328 g/mol. The number of hydrogen-bond acceptors (Lipinski definition) is 5. The van der Waals surface area contributed by atoms with E-state index in [-0.39, 0.29) is 18.4 Å². The van der Waals surface area contributed by atoms with Crippen LogP contribution in [0.2, 0.25) is 0 Å². The Morgan fingerprint density at radius 1 is 1.30 bits per heavy atom. The number of aliphatic hydroxyl groups is 1. The molecule has 1 aliphatic rings.